The molecule has 4 amide bonds. The van der Waals surface area contributed by atoms with Gasteiger partial charge in [0.25, 0.3) is 0 Å². The number of carboxylic acids is 1. The van der Waals surface area contributed by atoms with E-state index in [-0.39, 0.29) is 37.3 Å². The van der Waals surface area contributed by atoms with Crippen LogP contribution < -0.4 is 26.0 Å². The Kier molecular flexibility index (Phi) is 14.8. The average molecular weight is 747 g/mol. The first-order chi connectivity index (χ1) is 20.7. The molecule has 0 aliphatic carbocycles. The van der Waals surface area contributed by atoms with Gasteiger partial charge in [-0.25, -0.2) is 4.39 Å². The van der Waals surface area contributed by atoms with Crippen molar-refractivity contribution in [1.82, 2.24) is 16.0 Å². The molecule has 44 heavy (non-hydrogen) atoms. The molecule has 0 radical (unpaired) electrons. The van der Waals surface area contributed by atoms with Gasteiger partial charge < -0.3 is 36.2 Å². The third-order valence-corrected chi connectivity index (χ3v) is 8.74. The Labute approximate surface area is 270 Å². The van der Waals surface area contributed by atoms with Crippen LogP contribution in [0.15, 0.2) is 36.4 Å². The van der Waals surface area contributed by atoms with Gasteiger partial charge >= 0.3 is 5.97 Å². The molecule has 0 aliphatic heterocycles. The summed E-state index contributed by atoms with van der Waals surface area (Å²) in [5, 5.41) is 28.1. The lowest BCUT2D eigenvalue weighted by Gasteiger charge is -2.19. The van der Waals surface area contributed by atoms with E-state index in [1.807, 2.05) is 21.2 Å². The number of anilines is 1. The molecule has 0 bridgehead atoms. The maximum atomic E-state index is 14.8. The van der Waals surface area contributed by atoms with Gasteiger partial charge in [-0.3, -0.25) is 24.0 Å². The Bertz CT molecular complexity index is 1360. The Balaban J connectivity index is 1.83. The van der Waals surface area contributed by atoms with E-state index in [9.17, 15) is 33.5 Å². The van der Waals surface area contributed by atoms with Crippen LogP contribution in [0.4, 0.5) is 10.1 Å². The zero-order valence-electron chi connectivity index (χ0n) is 24.6. The molecule has 2 rings (SSSR count). The van der Waals surface area contributed by atoms with E-state index in [4.69, 9.17) is 9.84 Å². The van der Waals surface area contributed by atoms with Crippen molar-refractivity contribution in [3.8, 4) is 5.75 Å². The van der Waals surface area contributed by atoms with Crippen LogP contribution in [-0.2, 0) is 30.6 Å². The second kappa shape index (κ2) is 17.8. The molecule has 2 aromatic carbocycles. The molecule has 0 fully saturated rings. The molecule has 0 saturated carbocycles. The number of carbonyl (C=O) groups excluding carboxylic acids is 4. The first-order valence-corrected chi connectivity index (χ1v) is 17.0. The van der Waals surface area contributed by atoms with Gasteiger partial charge in [0.2, 0.25) is 23.6 Å². The number of ether oxygens (including phenoxy) is 1. The third-order valence-electron chi connectivity index (χ3n) is 6.30. The molecule has 4 atom stereocenters. The molecule has 0 aromatic heterocycles. The molecule has 1 unspecified atom stereocenters. The fraction of sp³-hybridized carbons (Fsp3) is 0.414. The van der Waals surface area contributed by atoms with Gasteiger partial charge in [0, 0.05) is 24.2 Å². The Morgan fingerprint density at radius 1 is 1.00 bits per heavy atom. The van der Waals surface area contributed by atoms with Crippen molar-refractivity contribution in [3.63, 3.8) is 0 Å². The number of aryl methyl sites for hydroxylation is 1. The molecular formula is C29H36FIN4O8S. The van der Waals surface area contributed by atoms with Crippen LogP contribution in [0.5, 0.6) is 5.75 Å². The second-order valence-corrected chi connectivity index (χ2v) is 12.3. The Morgan fingerprint density at radius 2 is 1.68 bits per heavy atom. The minimum atomic E-state index is -1.11. The molecule has 240 valence electrons. The van der Waals surface area contributed by atoms with Crippen LogP contribution in [0.3, 0.4) is 0 Å². The summed E-state index contributed by atoms with van der Waals surface area (Å²) in [6.07, 6.45) is -1.48. The van der Waals surface area contributed by atoms with Crippen molar-refractivity contribution in [2.24, 2.45) is 0 Å². The van der Waals surface area contributed by atoms with E-state index in [1.54, 1.807) is 37.3 Å². The number of rotatable bonds is 16. The highest BCUT2D eigenvalue weighted by molar-refractivity contribution is 14.2. The number of aliphatic hydroxyl groups is 1. The van der Waals surface area contributed by atoms with Gasteiger partial charge in [-0.05, 0) is 78.2 Å². The average Bonchev–Trinajstić information content (AvgIpc) is 2.95. The van der Waals surface area contributed by atoms with Gasteiger partial charge in [-0.1, -0.05) is 27.1 Å². The quantitative estimate of drug-likeness (QED) is 0.141. The molecule has 12 nitrogen and oxygen atoms in total. The largest absolute Gasteiger partial charge is 0.486 e. The van der Waals surface area contributed by atoms with Crippen LogP contribution in [0.25, 0.3) is 0 Å². The van der Waals surface area contributed by atoms with Crippen molar-refractivity contribution in [2.75, 3.05) is 11.9 Å². The zero-order valence-corrected chi connectivity index (χ0v) is 27.6. The summed E-state index contributed by atoms with van der Waals surface area (Å²) < 4.78 is 20.4. The molecule has 0 spiro atoms. The van der Waals surface area contributed by atoms with Gasteiger partial charge in [-0.2, -0.15) is 0 Å². The number of hydrogen-bond donors (Lipinski definition) is 6. The number of halogens is 2. The van der Waals surface area contributed by atoms with Gasteiger partial charge in [0.1, 0.15) is 23.9 Å². The van der Waals surface area contributed by atoms with E-state index in [0.717, 1.165) is 8.93 Å². The number of hydrogen-bond acceptors (Lipinski definition) is 8. The van der Waals surface area contributed by atoms with E-state index >= 15 is 0 Å². The highest BCUT2D eigenvalue weighted by atomic mass is 127. The van der Waals surface area contributed by atoms with Crippen molar-refractivity contribution in [1.29, 1.82) is 0 Å². The van der Waals surface area contributed by atoms with E-state index in [1.165, 1.54) is 26.8 Å². The van der Waals surface area contributed by atoms with Gasteiger partial charge in [-0.15, -0.1) is 0 Å². The lowest BCUT2D eigenvalue weighted by Crippen LogP contribution is -2.50. The lowest BCUT2D eigenvalue weighted by atomic mass is 10.0. The minimum absolute atomic E-state index is 0.00370. The lowest BCUT2D eigenvalue weighted by molar-refractivity contribution is -0.138. The molecule has 0 heterocycles. The van der Waals surface area contributed by atoms with E-state index in [2.05, 4.69) is 21.3 Å². The van der Waals surface area contributed by atoms with Crippen LogP contribution in [0.1, 0.15) is 56.4 Å². The summed E-state index contributed by atoms with van der Waals surface area (Å²) in [5.74, 6) is -3.91. The summed E-state index contributed by atoms with van der Waals surface area (Å²) in [4.78, 5) is 60.3. The van der Waals surface area contributed by atoms with Crippen molar-refractivity contribution < 1.29 is 43.3 Å². The van der Waals surface area contributed by atoms with Gasteiger partial charge in [0.05, 0.1) is 12.5 Å². The molecule has 15 heteroatoms. The number of aliphatic carboxylic acids is 1. The Hall–Kier alpha value is -3.44. The number of amides is 4. The predicted octanol–water partition coefficient (Wildman–Crippen LogP) is 3.15. The SMILES string of the molecule is Cc1ccc(OCc2cccc(NC(=O)[C@H](C)NC(=O)[C@H](C)NC(=O)CCNC(=O)C(CC(=O)O)SI)c2)c(F)c1[C@H](C)O. The fourth-order valence-corrected chi connectivity index (χ4v) is 5.57. The van der Waals surface area contributed by atoms with Crippen LogP contribution in [0.2, 0.25) is 0 Å². The molecule has 6 N–H and O–H groups in total. The maximum Gasteiger partial charge on any atom is 0.305 e. The van der Waals surface area contributed by atoms with Crippen LogP contribution in [-0.4, -0.2) is 63.7 Å². The Morgan fingerprint density at radius 3 is 2.32 bits per heavy atom. The first kappa shape index (κ1) is 36.8. The normalized spacial score (nSPS) is 13.5. The zero-order chi connectivity index (χ0) is 33.0. The number of aliphatic hydroxyl groups excluding tert-OH is 1. The maximum absolute atomic E-state index is 14.8. The summed E-state index contributed by atoms with van der Waals surface area (Å²) in [7, 11) is 1.06. The van der Waals surface area contributed by atoms with Crippen molar-refractivity contribution in [2.45, 2.75) is 70.6 Å². The standard InChI is InChI=1S/C29H36FIN4O8S/c1-15-8-9-21(26(30)25(15)18(4)36)43-14-19-6-5-7-20(12-19)35-28(41)17(3)34-27(40)16(2)33-23(37)10-11-32-29(42)22(44-31)13-24(38)39/h5-9,12,16-18,22,36H,10-11,13-14H2,1-4H3,(H,32,42)(H,33,37)(H,34,40)(H,35,41)(H,38,39)/t16-,17-,18-,22?/m0/s1. The number of nitrogens with one attached hydrogen (secondary N) is 4. The topological polar surface area (TPSA) is 183 Å². The summed E-state index contributed by atoms with van der Waals surface area (Å²) >= 11 is 1.83. The van der Waals surface area contributed by atoms with Crippen LogP contribution >= 0.6 is 30.1 Å². The number of carboxylic acid groups (broad SMARTS) is 1. The van der Waals surface area contributed by atoms with Crippen LogP contribution in [0, 0.1) is 12.7 Å². The van der Waals surface area contributed by atoms with Gasteiger partial charge in [0.15, 0.2) is 11.6 Å². The summed E-state index contributed by atoms with van der Waals surface area (Å²) in [5.41, 5.74) is 1.82. The highest BCUT2D eigenvalue weighted by Crippen LogP contribution is 2.29. The van der Waals surface area contributed by atoms with E-state index < -0.39 is 58.9 Å². The monoisotopic (exact) mass is 746 g/mol. The molecular weight excluding hydrogens is 710 g/mol. The first-order valence-electron chi connectivity index (χ1n) is 13.6. The highest BCUT2D eigenvalue weighted by Gasteiger charge is 2.23. The predicted molar refractivity (Wildman–Crippen MR) is 172 cm³/mol. The number of carbonyl (C=O) groups is 5. The number of benzene rings is 2. The fourth-order valence-electron chi connectivity index (χ4n) is 3.96. The molecule has 2 aromatic rings. The minimum Gasteiger partial charge on any atom is -0.486 e. The van der Waals surface area contributed by atoms with Crippen molar-refractivity contribution in [3.05, 3.63) is 58.9 Å². The summed E-state index contributed by atoms with van der Waals surface area (Å²) in [6.45, 7) is 6.04. The second-order valence-electron chi connectivity index (χ2n) is 10.00. The van der Waals surface area contributed by atoms with E-state index in [0.29, 0.717) is 16.8 Å². The molecule has 0 saturated heterocycles. The molecule has 0 aliphatic rings. The third kappa shape index (κ3) is 11.6. The summed E-state index contributed by atoms with van der Waals surface area (Å²) in [6, 6.07) is 7.89. The smallest absolute Gasteiger partial charge is 0.305 e. The van der Waals surface area contributed by atoms with Crippen molar-refractivity contribution >= 4 is 65.4 Å².